The zero-order valence-electron chi connectivity index (χ0n) is 11.4. The molecular weight excluding hydrogens is 327 g/mol. The smallest absolute Gasteiger partial charge is 0.163 e. The van der Waals surface area contributed by atoms with Crippen LogP contribution in [0.4, 0.5) is 0 Å². The van der Waals surface area contributed by atoms with Crippen molar-refractivity contribution in [3.63, 3.8) is 0 Å². The molecule has 0 saturated carbocycles. The Labute approximate surface area is 137 Å². The molecule has 2 aromatic carbocycles. The highest BCUT2D eigenvalue weighted by Crippen LogP contribution is 2.33. The Hall–Kier alpha value is -1.35. The topological polar surface area (TPSA) is 25.8 Å². The molecule has 2 nitrogen and oxygen atoms in total. The van der Waals surface area contributed by atoms with Gasteiger partial charge in [-0.15, -0.1) is 0 Å². The fourth-order valence-electron chi connectivity index (χ4n) is 2.21. The van der Waals surface area contributed by atoms with Crippen molar-refractivity contribution in [1.29, 1.82) is 0 Å². The molecule has 0 atom stereocenters. The molecule has 0 amide bonds. The lowest BCUT2D eigenvalue weighted by Gasteiger charge is -2.08. The van der Waals surface area contributed by atoms with Crippen LogP contribution in [0.15, 0.2) is 30.3 Å². The number of rotatable bonds is 1. The third-order valence-electron chi connectivity index (χ3n) is 3.22. The van der Waals surface area contributed by atoms with Crippen molar-refractivity contribution in [2.75, 3.05) is 0 Å². The first-order valence-corrected chi connectivity index (χ1v) is 7.49. The number of hydrogen-bond acceptors (Lipinski definition) is 2. The minimum absolute atomic E-state index is 0.372. The van der Waals surface area contributed by atoms with E-state index in [4.69, 9.17) is 34.8 Å². The molecule has 21 heavy (non-hydrogen) atoms. The molecule has 0 bridgehead atoms. The molecule has 106 valence electrons. The summed E-state index contributed by atoms with van der Waals surface area (Å²) in [5.41, 5.74) is 3.46. The van der Waals surface area contributed by atoms with Crippen LogP contribution in [-0.4, -0.2) is 9.97 Å². The summed E-state index contributed by atoms with van der Waals surface area (Å²) in [5.74, 6) is 0.475. The fourth-order valence-corrected chi connectivity index (χ4v) is 3.07. The highest BCUT2D eigenvalue weighted by Gasteiger charge is 2.13. The van der Waals surface area contributed by atoms with Gasteiger partial charge in [0.1, 0.15) is 5.15 Å². The highest BCUT2D eigenvalue weighted by atomic mass is 35.5. The second-order valence-electron chi connectivity index (χ2n) is 4.96. The van der Waals surface area contributed by atoms with Crippen molar-refractivity contribution < 1.29 is 0 Å². The first kappa shape index (κ1) is 14.6. The lowest BCUT2D eigenvalue weighted by molar-refractivity contribution is 1.22. The Morgan fingerprint density at radius 3 is 2.24 bits per heavy atom. The van der Waals surface area contributed by atoms with E-state index >= 15 is 0 Å². The van der Waals surface area contributed by atoms with Gasteiger partial charge in [0.2, 0.25) is 0 Å². The quantitative estimate of drug-likeness (QED) is 0.519. The van der Waals surface area contributed by atoms with Gasteiger partial charge >= 0.3 is 0 Å². The van der Waals surface area contributed by atoms with Gasteiger partial charge in [-0.05, 0) is 49.2 Å². The molecule has 0 aliphatic rings. The molecule has 0 aliphatic heterocycles. The second-order valence-corrected chi connectivity index (χ2v) is 6.14. The maximum Gasteiger partial charge on any atom is 0.163 e. The third-order valence-corrected chi connectivity index (χ3v) is 4.11. The molecule has 0 radical (unpaired) electrons. The highest BCUT2D eigenvalue weighted by molar-refractivity contribution is 6.38. The molecule has 0 unspecified atom stereocenters. The summed E-state index contributed by atoms with van der Waals surface area (Å²) in [4.78, 5) is 8.88. The van der Waals surface area contributed by atoms with Gasteiger partial charge in [-0.2, -0.15) is 0 Å². The monoisotopic (exact) mass is 336 g/mol. The lowest BCUT2D eigenvalue weighted by atomic mass is 10.1. The molecule has 1 heterocycles. The second kappa shape index (κ2) is 5.45. The van der Waals surface area contributed by atoms with Gasteiger partial charge in [-0.25, -0.2) is 9.97 Å². The van der Waals surface area contributed by atoms with Crippen LogP contribution in [-0.2, 0) is 0 Å². The third kappa shape index (κ3) is 2.71. The van der Waals surface area contributed by atoms with E-state index in [1.165, 1.54) is 0 Å². The van der Waals surface area contributed by atoms with Crippen LogP contribution in [0.3, 0.4) is 0 Å². The van der Waals surface area contributed by atoms with Gasteiger partial charge in [0, 0.05) is 10.9 Å². The van der Waals surface area contributed by atoms with Crippen molar-refractivity contribution in [1.82, 2.24) is 9.97 Å². The zero-order valence-corrected chi connectivity index (χ0v) is 13.7. The number of halogens is 3. The summed E-state index contributed by atoms with van der Waals surface area (Å²) >= 11 is 18.8. The van der Waals surface area contributed by atoms with E-state index in [0.717, 1.165) is 22.1 Å². The Kier molecular flexibility index (Phi) is 3.78. The van der Waals surface area contributed by atoms with E-state index < -0.39 is 0 Å². The number of fused-ring (bicyclic) bond motifs is 1. The van der Waals surface area contributed by atoms with Crippen LogP contribution in [0.1, 0.15) is 11.1 Å². The fraction of sp³-hybridized carbons (Fsp3) is 0.125. The summed E-state index contributed by atoms with van der Waals surface area (Å²) in [6.07, 6.45) is 0. The molecule has 0 saturated heterocycles. The predicted molar refractivity (Wildman–Crippen MR) is 89.5 cm³/mol. The maximum absolute atomic E-state index is 6.29. The maximum atomic E-state index is 6.29. The van der Waals surface area contributed by atoms with Crippen LogP contribution < -0.4 is 0 Å². The number of nitrogens with zero attached hydrogens (tertiary/aromatic N) is 2. The first-order valence-electron chi connectivity index (χ1n) is 6.35. The predicted octanol–water partition coefficient (Wildman–Crippen LogP) is 5.87. The first-order chi connectivity index (χ1) is 9.95. The molecule has 3 rings (SSSR count). The molecule has 0 fully saturated rings. The van der Waals surface area contributed by atoms with Crippen LogP contribution >= 0.6 is 34.8 Å². The lowest BCUT2D eigenvalue weighted by Crippen LogP contribution is -1.94. The van der Waals surface area contributed by atoms with E-state index in [0.29, 0.717) is 26.5 Å². The molecule has 0 N–H and O–H groups in total. The van der Waals surface area contributed by atoms with Gasteiger partial charge in [0.25, 0.3) is 0 Å². The Balaban J connectivity index is 2.30. The largest absolute Gasteiger partial charge is 0.226 e. The summed E-state index contributed by atoms with van der Waals surface area (Å²) in [6, 6.07) is 9.49. The van der Waals surface area contributed by atoms with E-state index in [-0.39, 0.29) is 0 Å². The minimum atomic E-state index is 0.372. The van der Waals surface area contributed by atoms with E-state index in [1.54, 1.807) is 0 Å². The van der Waals surface area contributed by atoms with Crippen molar-refractivity contribution >= 4 is 45.7 Å². The number of aryl methyl sites for hydroxylation is 2. The number of hydrogen-bond donors (Lipinski definition) is 0. The van der Waals surface area contributed by atoms with Gasteiger partial charge in [0.15, 0.2) is 5.82 Å². The average Bonchev–Trinajstić information content (AvgIpc) is 2.40. The number of benzene rings is 2. The van der Waals surface area contributed by atoms with Gasteiger partial charge < -0.3 is 0 Å². The molecule has 0 spiro atoms. The van der Waals surface area contributed by atoms with E-state index in [9.17, 15) is 0 Å². The standard InChI is InChI=1S/C16H11Cl3N2/c1-8-3-4-10(12(17)6-8)16-20-14-11(15(19)21-16)5-9(2)7-13(14)18/h3-7H,1-2H3. The minimum Gasteiger partial charge on any atom is -0.226 e. The van der Waals surface area contributed by atoms with Crippen molar-refractivity contribution in [2.24, 2.45) is 0 Å². The normalized spacial score (nSPS) is 11.1. The Morgan fingerprint density at radius 1 is 0.810 bits per heavy atom. The van der Waals surface area contributed by atoms with Crippen molar-refractivity contribution in [3.05, 3.63) is 56.7 Å². The van der Waals surface area contributed by atoms with Gasteiger partial charge in [-0.1, -0.05) is 40.9 Å². The summed E-state index contributed by atoms with van der Waals surface area (Å²) in [6.45, 7) is 3.93. The van der Waals surface area contributed by atoms with Gasteiger partial charge in [-0.3, -0.25) is 0 Å². The van der Waals surface area contributed by atoms with Gasteiger partial charge in [0.05, 0.1) is 15.6 Å². The number of aromatic nitrogens is 2. The van der Waals surface area contributed by atoms with Crippen molar-refractivity contribution in [2.45, 2.75) is 13.8 Å². The summed E-state index contributed by atoms with van der Waals surface area (Å²) in [5, 5.41) is 2.26. The molecule has 3 aromatic rings. The SMILES string of the molecule is Cc1ccc(-c2nc(Cl)c3cc(C)cc(Cl)c3n2)c(Cl)c1. The molecule has 0 aliphatic carbocycles. The molecular formula is C16H11Cl3N2. The zero-order chi connectivity index (χ0) is 15.1. The van der Waals surface area contributed by atoms with Crippen molar-refractivity contribution in [3.8, 4) is 11.4 Å². The Morgan fingerprint density at radius 2 is 1.52 bits per heavy atom. The molecule has 5 heteroatoms. The van der Waals surface area contributed by atoms with E-state index in [2.05, 4.69) is 9.97 Å². The average molecular weight is 338 g/mol. The summed E-state index contributed by atoms with van der Waals surface area (Å²) in [7, 11) is 0. The van der Waals surface area contributed by atoms with Crippen LogP contribution in [0.25, 0.3) is 22.3 Å². The Bertz CT molecular complexity index is 860. The van der Waals surface area contributed by atoms with Crippen LogP contribution in [0, 0.1) is 13.8 Å². The van der Waals surface area contributed by atoms with E-state index in [1.807, 2.05) is 44.2 Å². The van der Waals surface area contributed by atoms with Crippen LogP contribution in [0.5, 0.6) is 0 Å². The summed E-state index contributed by atoms with van der Waals surface area (Å²) < 4.78 is 0. The molecule has 1 aromatic heterocycles. The van der Waals surface area contributed by atoms with Crippen LogP contribution in [0.2, 0.25) is 15.2 Å².